The molecule has 1 amide bonds. The summed E-state index contributed by atoms with van der Waals surface area (Å²) in [6.07, 6.45) is 0.466. The minimum Gasteiger partial charge on any atom is -0.350 e. The first kappa shape index (κ1) is 15.4. The molecule has 0 fully saturated rings. The van der Waals surface area contributed by atoms with Gasteiger partial charge in [-0.2, -0.15) is 0 Å². The highest BCUT2D eigenvalue weighted by Gasteiger charge is 2.27. The van der Waals surface area contributed by atoms with Gasteiger partial charge >= 0.3 is 0 Å². The molecule has 7 heteroatoms. The number of aromatic amines is 1. The number of para-hydroxylation sites is 1. The molecule has 0 spiro atoms. The Morgan fingerprint density at radius 1 is 1.48 bits per heavy atom. The van der Waals surface area contributed by atoms with Gasteiger partial charge in [0.15, 0.2) is 0 Å². The van der Waals surface area contributed by atoms with E-state index in [-0.39, 0.29) is 6.42 Å². The zero-order valence-corrected chi connectivity index (χ0v) is 11.7. The van der Waals surface area contributed by atoms with Crippen molar-refractivity contribution >= 4 is 16.9 Å². The van der Waals surface area contributed by atoms with Gasteiger partial charge < -0.3 is 16.0 Å². The third-order valence-electron chi connectivity index (χ3n) is 3.20. The molecule has 2 rings (SSSR count). The minimum atomic E-state index is -3.06. The highest BCUT2D eigenvalue weighted by Crippen LogP contribution is 2.16. The Morgan fingerprint density at radius 3 is 2.90 bits per heavy atom. The van der Waals surface area contributed by atoms with E-state index >= 15 is 0 Å². The van der Waals surface area contributed by atoms with Gasteiger partial charge in [0.2, 0.25) is 5.91 Å². The fourth-order valence-electron chi connectivity index (χ4n) is 1.97. The fraction of sp³-hybridized carbons (Fsp3) is 0.429. The first-order valence-electron chi connectivity index (χ1n) is 6.70. The maximum Gasteiger partial charge on any atom is 0.277 e. The highest BCUT2D eigenvalue weighted by molar-refractivity contribution is 5.79. The van der Waals surface area contributed by atoms with E-state index in [0.29, 0.717) is 12.2 Å². The predicted molar refractivity (Wildman–Crippen MR) is 76.2 cm³/mol. The van der Waals surface area contributed by atoms with Crippen LogP contribution >= 0.6 is 0 Å². The Hall–Kier alpha value is -2.02. The average Bonchev–Trinajstić information content (AvgIpc) is 2.88. The first-order valence-corrected chi connectivity index (χ1v) is 6.70. The molecule has 0 radical (unpaired) electrons. The van der Waals surface area contributed by atoms with Crippen molar-refractivity contribution in [2.45, 2.75) is 25.7 Å². The number of H-pyrrole nitrogens is 1. The van der Waals surface area contributed by atoms with Crippen molar-refractivity contribution in [2.75, 3.05) is 13.1 Å². The van der Waals surface area contributed by atoms with Crippen molar-refractivity contribution in [3.8, 4) is 0 Å². The third kappa shape index (κ3) is 3.98. The average molecular weight is 296 g/mol. The van der Waals surface area contributed by atoms with Gasteiger partial charge in [0.1, 0.15) is 5.82 Å². The van der Waals surface area contributed by atoms with Gasteiger partial charge in [-0.3, -0.25) is 4.79 Å². The fourth-order valence-corrected chi connectivity index (χ4v) is 1.97. The van der Waals surface area contributed by atoms with Crippen molar-refractivity contribution in [1.29, 1.82) is 0 Å². The van der Waals surface area contributed by atoms with Gasteiger partial charge in [-0.05, 0) is 18.6 Å². The Balaban J connectivity index is 1.90. The summed E-state index contributed by atoms with van der Waals surface area (Å²) in [6.45, 7) is 0.437. The number of rotatable bonds is 6. The van der Waals surface area contributed by atoms with Crippen LogP contribution in [0.15, 0.2) is 18.2 Å². The number of benzene rings is 1. The quantitative estimate of drug-likeness (QED) is 0.755. The van der Waals surface area contributed by atoms with Gasteiger partial charge in [0.05, 0.1) is 24.1 Å². The lowest BCUT2D eigenvalue weighted by atomic mass is 10.2. The number of fused-ring (bicyclic) bond motifs is 1. The Labute approximate surface area is 120 Å². The number of aromatic nitrogens is 2. The molecule has 21 heavy (non-hydrogen) atoms. The number of nitrogens with zero attached hydrogens (tertiary/aromatic N) is 1. The normalized spacial score (nSPS) is 11.8. The number of hydrogen-bond donors (Lipinski definition) is 3. The lowest BCUT2D eigenvalue weighted by molar-refractivity contribution is -0.122. The van der Waals surface area contributed by atoms with Gasteiger partial charge in [0, 0.05) is 12.8 Å². The second-order valence-corrected chi connectivity index (χ2v) is 4.99. The number of imidazole rings is 1. The van der Waals surface area contributed by atoms with Crippen LogP contribution in [0.2, 0.25) is 0 Å². The Morgan fingerprint density at radius 2 is 2.24 bits per heavy atom. The monoisotopic (exact) mass is 296 g/mol. The van der Waals surface area contributed by atoms with Gasteiger partial charge in [0.25, 0.3) is 5.92 Å². The molecule has 1 aromatic heterocycles. The number of carbonyl (C=O) groups is 1. The second kappa shape index (κ2) is 6.17. The van der Waals surface area contributed by atoms with Crippen LogP contribution in [0.4, 0.5) is 8.78 Å². The Kier molecular flexibility index (Phi) is 4.52. The molecule has 114 valence electrons. The molecule has 0 aliphatic rings. The van der Waals surface area contributed by atoms with E-state index < -0.39 is 24.9 Å². The molecular weight excluding hydrogens is 278 g/mol. The van der Waals surface area contributed by atoms with E-state index in [1.807, 2.05) is 25.1 Å². The summed E-state index contributed by atoms with van der Waals surface area (Å²) in [5.74, 6) is -2.84. The predicted octanol–water partition coefficient (Wildman–Crippen LogP) is 1.51. The van der Waals surface area contributed by atoms with E-state index in [4.69, 9.17) is 5.73 Å². The van der Waals surface area contributed by atoms with Crippen LogP contribution in [0.3, 0.4) is 0 Å². The Bertz CT molecular complexity index is 639. The molecule has 0 saturated heterocycles. The van der Waals surface area contributed by atoms with Crippen molar-refractivity contribution in [2.24, 2.45) is 5.73 Å². The van der Waals surface area contributed by atoms with Crippen LogP contribution in [0.5, 0.6) is 0 Å². The largest absolute Gasteiger partial charge is 0.350 e. The van der Waals surface area contributed by atoms with Crippen molar-refractivity contribution in [1.82, 2.24) is 15.3 Å². The summed E-state index contributed by atoms with van der Waals surface area (Å²) in [5.41, 5.74) is 7.71. The number of halogens is 2. The topological polar surface area (TPSA) is 83.8 Å². The molecular formula is C14H18F2N4O. The second-order valence-electron chi connectivity index (χ2n) is 4.99. The number of hydrogen-bond acceptors (Lipinski definition) is 3. The molecule has 0 bridgehead atoms. The minimum absolute atomic E-state index is 0.0967. The van der Waals surface area contributed by atoms with E-state index in [0.717, 1.165) is 16.6 Å². The van der Waals surface area contributed by atoms with Gasteiger partial charge in [-0.15, -0.1) is 0 Å². The number of amides is 1. The molecule has 2 aromatic rings. The van der Waals surface area contributed by atoms with E-state index in [9.17, 15) is 13.6 Å². The molecule has 4 N–H and O–H groups in total. The molecule has 5 nitrogen and oxygen atoms in total. The molecule has 0 unspecified atom stereocenters. The van der Waals surface area contributed by atoms with Crippen LogP contribution < -0.4 is 11.1 Å². The molecule has 0 saturated carbocycles. The molecule has 0 aliphatic carbocycles. The molecule has 1 aromatic carbocycles. The summed E-state index contributed by atoms with van der Waals surface area (Å²) >= 11 is 0. The van der Waals surface area contributed by atoms with Crippen molar-refractivity contribution in [3.05, 3.63) is 29.6 Å². The number of nitrogens with one attached hydrogen (secondary N) is 2. The van der Waals surface area contributed by atoms with E-state index in [2.05, 4.69) is 15.3 Å². The number of nitrogens with two attached hydrogens (primary N) is 1. The SMILES string of the molecule is Cc1cccc2[nH]c(CCC(=O)NCC(F)(F)CN)nc12. The van der Waals surface area contributed by atoms with Gasteiger partial charge in [-0.25, -0.2) is 13.8 Å². The van der Waals surface area contributed by atoms with Crippen LogP contribution in [0.25, 0.3) is 11.0 Å². The van der Waals surface area contributed by atoms with Crippen LogP contribution in [0.1, 0.15) is 17.8 Å². The summed E-state index contributed by atoms with van der Waals surface area (Å²) in [4.78, 5) is 19.1. The third-order valence-corrected chi connectivity index (χ3v) is 3.20. The van der Waals surface area contributed by atoms with Crippen molar-refractivity contribution in [3.63, 3.8) is 0 Å². The van der Waals surface area contributed by atoms with Crippen LogP contribution in [-0.4, -0.2) is 34.9 Å². The highest BCUT2D eigenvalue weighted by atomic mass is 19.3. The zero-order valence-electron chi connectivity index (χ0n) is 11.7. The van der Waals surface area contributed by atoms with E-state index in [1.165, 1.54) is 0 Å². The maximum absolute atomic E-state index is 12.9. The summed E-state index contributed by atoms with van der Waals surface area (Å²) in [6, 6.07) is 5.77. The van der Waals surface area contributed by atoms with Crippen LogP contribution in [-0.2, 0) is 11.2 Å². The molecule has 0 aliphatic heterocycles. The smallest absolute Gasteiger partial charge is 0.277 e. The van der Waals surface area contributed by atoms with Crippen LogP contribution in [0, 0.1) is 6.92 Å². The number of carbonyl (C=O) groups excluding carboxylic acids is 1. The summed E-state index contributed by atoms with van der Waals surface area (Å²) in [7, 11) is 0. The summed E-state index contributed by atoms with van der Waals surface area (Å²) < 4.78 is 25.8. The standard InChI is InChI=1S/C14H18F2N4O/c1-9-3-2-4-10-13(9)20-11(19-10)5-6-12(21)18-8-14(15,16)7-17/h2-4H,5-8,17H2,1H3,(H,18,21)(H,19,20). The lowest BCUT2D eigenvalue weighted by Gasteiger charge is -2.14. The number of aryl methyl sites for hydroxylation is 2. The molecule has 0 atom stereocenters. The maximum atomic E-state index is 12.9. The van der Waals surface area contributed by atoms with Gasteiger partial charge in [-0.1, -0.05) is 12.1 Å². The first-order chi connectivity index (χ1) is 9.91. The summed E-state index contributed by atoms with van der Waals surface area (Å²) in [5, 5.41) is 2.18. The van der Waals surface area contributed by atoms with Crippen molar-refractivity contribution < 1.29 is 13.6 Å². The van der Waals surface area contributed by atoms with E-state index in [1.54, 1.807) is 0 Å². The zero-order chi connectivity index (χ0) is 15.5. The lowest BCUT2D eigenvalue weighted by Crippen LogP contribution is -2.41. The number of alkyl halides is 2. The molecule has 1 heterocycles.